The van der Waals surface area contributed by atoms with Crippen molar-refractivity contribution in [1.82, 2.24) is 14.9 Å². The third-order valence-corrected chi connectivity index (χ3v) is 4.95. The molecule has 2 heterocycles. The van der Waals surface area contributed by atoms with Crippen LogP contribution in [0.15, 0.2) is 48.5 Å². The minimum absolute atomic E-state index is 0.0184. The van der Waals surface area contributed by atoms with Gasteiger partial charge >= 0.3 is 0 Å². The van der Waals surface area contributed by atoms with Gasteiger partial charge in [-0.15, -0.1) is 0 Å². The molecule has 1 aromatic heterocycles. The van der Waals surface area contributed by atoms with Crippen molar-refractivity contribution in [3.63, 3.8) is 0 Å². The lowest BCUT2D eigenvalue weighted by Gasteiger charge is -2.18. The van der Waals surface area contributed by atoms with E-state index in [0.717, 1.165) is 29.6 Å². The number of hydrogen-bond donors (Lipinski definition) is 0. The van der Waals surface area contributed by atoms with Crippen LogP contribution in [0.5, 0.6) is 5.88 Å². The molecule has 4 rings (SSSR count). The molecule has 1 fully saturated rings. The maximum atomic E-state index is 12.8. The Labute approximate surface area is 159 Å². The van der Waals surface area contributed by atoms with Gasteiger partial charge < -0.3 is 9.64 Å². The Hall–Kier alpha value is -2.95. The van der Waals surface area contributed by atoms with E-state index < -0.39 is 0 Å². The van der Waals surface area contributed by atoms with Crippen LogP contribution < -0.4 is 4.74 Å². The average Bonchev–Trinajstić information content (AvgIpc) is 3.10. The predicted octanol–water partition coefficient (Wildman–Crippen LogP) is 3.47. The van der Waals surface area contributed by atoms with Crippen molar-refractivity contribution in [2.75, 3.05) is 13.1 Å². The third kappa shape index (κ3) is 3.92. The van der Waals surface area contributed by atoms with Crippen molar-refractivity contribution < 1.29 is 9.53 Å². The van der Waals surface area contributed by atoms with Crippen LogP contribution in [-0.4, -0.2) is 40.0 Å². The highest BCUT2D eigenvalue weighted by molar-refractivity contribution is 5.90. The van der Waals surface area contributed by atoms with Crippen molar-refractivity contribution in [3.05, 3.63) is 65.6 Å². The molecule has 138 valence electrons. The Balaban J connectivity index is 1.42. The summed E-state index contributed by atoms with van der Waals surface area (Å²) in [6.07, 6.45) is 1.22. The molecule has 0 saturated carbocycles. The minimum Gasteiger partial charge on any atom is -0.472 e. The molecule has 0 unspecified atom stereocenters. The van der Waals surface area contributed by atoms with E-state index in [-0.39, 0.29) is 12.0 Å². The van der Waals surface area contributed by atoms with E-state index in [9.17, 15) is 4.79 Å². The molecule has 5 nitrogen and oxygen atoms in total. The lowest BCUT2D eigenvalue weighted by molar-refractivity contribution is -0.129. The van der Waals surface area contributed by atoms with Crippen molar-refractivity contribution in [2.45, 2.75) is 32.8 Å². The topological polar surface area (TPSA) is 55.3 Å². The second kappa shape index (κ2) is 7.35. The van der Waals surface area contributed by atoms with Crippen LogP contribution >= 0.6 is 0 Å². The molecule has 0 N–H and O–H groups in total. The molecule has 2 aromatic carbocycles. The van der Waals surface area contributed by atoms with Gasteiger partial charge in [0.05, 0.1) is 13.0 Å². The zero-order chi connectivity index (χ0) is 18.8. The molecule has 0 aliphatic carbocycles. The van der Waals surface area contributed by atoms with Crippen LogP contribution in [0.3, 0.4) is 0 Å². The zero-order valence-electron chi connectivity index (χ0n) is 15.7. The van der Waals surface area contributed by atoms with Crippen LogP contribution in [0.2, 0.25) is 0 Å². The quantitative estimate of drug-likeness (QED) is 0.714. The van der Waals surface area contributed by atoms with Gasteiger partial charge in [-0.05, 0) is 30.2 Å². The second-order valence-corrected chi connectivity index (χ2v) is 7.08. The van der Waals surface area contributed by atoms with Gasteiger partial charge in [0.1, 0.15) is 11.9 Å². The third-order valence-electron chi connectivity index (χ3n) is 4.95. The van der Waals surface area contributed by atoms with Crippen LogP contribution in [0.4, 0.5) is 0 Å². The maximum absolute atomic E-state index is 12.8. The Morgan fingerprint density at radius 2 is 1.96 bits per heavy atom. The largest absolute Gasteiger partial charge is 0.472 e. The molecule has 1 saturated heterocycles. The lowest BCUT2D eigenvalue weighted by Crippen LogP contribution is -2.32. The fraction of sp³-hybridized carbons (Fsp3) is 0.318. The van der Waals surface area contributed by atoms with E-state index in [1.807, 2.05) is 49.1 Å². The van der Waals surface area contributed by atoms with E-state index in [1.165, 1.54) is 5.39 Å². The number of hydrogen-bond acceptors (Lipinski definition) is 4. The van der Waals surface area contributed by atoms with E-state index in [2.05, 4.69) is 28.2 Å². The fourth-order valence-electron chi connectivity index (χ4n) is 3.69. The van der Waals surface area contributed by atoms with Gasteiger partial charge in [0.15, 0.2) is 0 Å². The van der Waals surface area contributed by atoms with Crippen LogP contribution in [0.1, 0.15) is 23.5 Å². The number of carbonyl (C=O) groups excluding carboxylic acids is 1. The van der Waals surface area contributed by atoms with Crippen molar-refractivity contribution in [3.8, 4) is 5.88 Å². The van der Waals surface area contributed by atoms with E-state index >= 15 is 0 Å². The summed E-state index contributed by atoms with van der Waals surface area (Å²) in [5.41, 5.74) is 1.96. The molecule has 1 aliphatic rings. The van der Waals surface area contributed by atoms with Crippen molar-refractivity contribution in [2.24, 2.45) is 0 Å². The molecule has 0 radical (unpaired) electrons. The van der Waals surface area contributed by atoms with E-state index in [1.54, 1.807) is 0 Å². The zero-order valence-corrected chi connectivity index (χ0v) is 15.7. The standard InChI is InChI=1S/C22H23N3O2/c1-15-12-21(24-16(2)23-15)27-19-10-11-25(14-19)22(26)13-18-8-5-7-17-6-3-4-9-20(17)18/h3-9,12,19H,10-11,13-14H2,1-2H3/t19-/m0/s1. The van der Waals surface area contributed by atoms with Crippen molar-refractivity contribution in [1.29, 1.82) is 0 Å². The van der Waals surface area contributed by atoms with Gasteiger partial charge in [0.2, 0.25) is 11.8 Å². The van der Waals surface area contributed by atoms with Crippen LogP contribution in [0, 0.1) is 13.8 Å². The average molecular weight is 361 g/mol. The minimum atomic E-state index is -0.0184. The SMILES string of the molecule is Cc1cc(O[C@H]2CCN(C(=O)Cc3cccc4ccccc34)C2)nc(C)n1. The predicted molar refractivity (Wildman–Crippen MR) is 105 cm³/mol. The van der Waals surface area contributed by atoms with Crippen LogP contribution in [0.25, 0.3) is 10.8 Å². The Morgan fingerprint density at radius 1 is 1.15 bits per heavy atom. The molecule has 5 heteroatoms. The second-order valence-electron chi connectivity index (χ2n) is 7.08. The highest BCUT2D eigenvalue weighted by Gasteiger charge is 2.28. The summed E-state index contributed by atoms with van der Waals surface area (Å²) < 4.78 is 5.99. The number of aryl methyl sites for hydroxylation is 2. The first-order valence-electron chi connectivity index (χ1n) is 9.32. The number of rotatable bonds is 4. The molecular formula is C22H23N3O2. The normalized spacial score (nSPS) is 16.7. The summed E-state index contributed by atoms with van der Waals surface area (Å²) in [6.45, 7) is 5.10. The molecule has 1 aliphatic heterocycles. The molecule has 27 heavy (non-hydrogen) atoms. The first-order valence-corrected chi connectivity index (χ1v) is 9.32. The first-order chi connectivity index (χ1) is 13.1. The lowest BCUT2D eigenvalue weighted by atomic mass is 10.0. The summed E-state index contributed by atoms with van der Waals surface area (Å²) in [4.78, 5) is 23.3. The van der Waals surface area contributed by atoms with Crippen LogP contribution in [-0.2, 0) is 11.2 Å². The first kappa shape index (κ1) is 17.5. The number of ether oxygens (including phenoxy) is 1. The Bertz CT molecular complexity index is 961. The van der Waals surface area contributed by atoms with Gasteiger partial charge in [-0.3, -0.25) is 4.79 Å². The van der Waals surface area contributed by atoms with Gasteiger partial charge in [-0.1, -0.05) is 42.5 Å². The molecule has 1 amide bonds. The van der Waals surface area contributed by atoms with E-state index in [4.69, 9.17) is 4.74 Å². The number of benzene rings is 2. The summed E-state index contributed by atoms with van der Waals surface area (Å²) in [6, 6.07) is 16.2. The van der Waals surface area contributed by atoms with E-state index in [0.29, 0.717) is 24.7 Å². The number of aromatic nitrogens is 2. The summed E-state index contributed by atoms with van der Waals surface area (Å²) in [5.74, 6) is 1.44. The Kier molecular flexibility index (Phi) is 4.75. The number of likely N-dealkylation sites (tertiary alicyclic amines) is 1. The van der Waals surface area contributed by atoms with Crippen molar-refractivity contribution >= 4 is 16.7 Å². The van der Waals surface area contributed by atoms with Gasteiger partial charge in [-0.25, -0.2) is 4.98 Å². The molecule has 1 atom stereocenters. The smallest absolute Gasteiger partial charge is 0.227 e. The summed E-state index contributed by atoms with van der Waals surface area (Å²) in [7, 11) is 0. The van der Waals surface area contributed by atoms with Gasteiger partial charge in [0.25, 0.3) is 0 Å². The number of amides is 1. The summed E-state index contributed by atoms with van der Waals surface area (Å²) in [5, 5.41) is 2.31. The molecule has 3 aromatic rings. The fourth-order valence-corrected chi connectivity index (χ4v) is 3.69. The molecule has 0 spiro atoms. The number of carbonyl (C=O) groups is 1. The highest BCUT2D eigenvalue weighted by Crippen LogP contribution is 2.22. The maximum Gasteiger partial charge on any atom is 0.227 e. The molecular weight excluding hydrogens is 338 g/mol. The van der Waals surface area contributed by atoms with Gasteiger partial charge in [-0.2, -0.15) is 4.98 Å². The monoisotopic (exact) mass is 361 g/mol. The Morgan fingerprint density at radius 3 is 2.81 bits per heavy atom. The number of nitrogens with zero attached hydrogens (tertiary/aromatic N) is 3. The number of fused-ring (bicyclic) bond motifs is 1. The summed E-state index contributed by atoms with van der Waals surface area (Å²) >= 11 is 0. The molecule has 0 bridgehead atoms. The van der Waals surface area contributed by atoms with Gasteiger partial charge in [0, 0.05) is 24.7 Å². The highest BCUT2D eigenvalue weighted by atomic mass is 16.5.